The molecule has 1 unspecified atom stereocenters. The highest BCUT2D eigenvalue weighted by atomic mass is 16.6. The molecule has 132 valence electrons. The smallest absolute Gasteiger partial charge is 0.409 e. The molecule has 0 spiro atoms. The molecule has 24 heavy (non-hydrogen) atoms. The third kappa shape index (κ3) is 4.26. The summed E-state index contributed by atoms with van der Waals surface area (Å²) in [6.07, 6.45) is 9.44. The van der Waals surface area contributed by atoms with Crippen LogP contribution in [0.2, 0.25) is 0 Å². The summed E-state index contributed by atoms with van der Waals surface area (Å²) in [6.45, 7) is 6.32. The molecular weight excluding hydrogens is 302 g/mol. The average molecular weight is 331 g/mol. The molecule has 0 bridgehead atoms. The minimum absolute atomic E-state index is 0.144. The number of likely N-dealkylation sites (tertiary alicyclic amines) is 2. The molecule has 0 aliphatic carbocycles. The standard InChI is InChI=1S/C19H29N3O2/c1-2-24-19(23)22-12-3-4-18(9-15-22)21-13-7-17(8-14-21)16-5-10-20-11-6-16/h5-6,10-11,17-18H,2-4,7-9,12-15H2,1H3. The van der Waals surface area contributed by atoms with E-state index in [0.29, 0.717) is 18.6 Å². The molecule has 2 saturated heterocycles. The van der Waals surface area contributed by atoms with Crippen LogP contribution < -0.4 is 0 Å². The first kappa shape index (κ1) is 17.2. The molecule has 2 fully saturated rings. The van der Waals surface area contributed by atoms with E-state index in [4.69, 9.17) is 4.74 Å². The van der Waals surface area contributed by atoms with Gasteiger partial charge in [0, 0.05) is 31.5 Å². The van der Waals surface area contributed by atoms with Crippen LogP contribution in [0.3, 0.4) is 0 Å². The number of piperidine rings is 1. The van der Waals surface area contributed by atoms with Crippen molar-refractivity contribution in [3.05, 3.63) is 30.1 Å². The predicted molar refractivity (Wildman–Crippen MR) is 94.0 cm³/mol. The fourth-order valence-corrected chi connectivity index (χ4v) is 4.07. The van der Waals surface area contributed by atoms with Crippen LogP contribution in [0.5, 0.6) is 0 Å². The van der Waals surface area contributed by atoms with Gasteiger partial charge >= 0.3 is 6.09 Å². The van der Waals surface area contributed by atoms with E-state index in [1.54, 1.807) is 0 Å². The first-order valence-corrected chi connectivity index (χ1v) is 9.33. The summed E-state index contributed by atoms with van der Waals surface area (Å²) in [4.78, 5) is 20.6. The van der Waals surface area contributed by atoms with E-state index in [0.717, 1.165) is 39.0 Å². The molecule has 1 aromatic rings. The number of ether oxygens (including phenoxy) is 1. The number of carbonyl (C=O) groups is 1. The van der Waals surface area contributed by atoms with Gasteiger partial charge in [-0.15, -0.1) is 0 Å². The van der Waals surface area contributed by atoms with Crippen molar-refractivity contribution in [2.24, 2.45) is 0 Å². The van der Waals surface area contributed by atoms with Gasteiger partial charge < -0.3 is 14.5 Å². The minimum atomic E-state index is -0.144. The van der Waals surface area contributed by atoms with Crippen LogP contribution in [0.15, 0.2) is 24.5 Å². The number of pyridine rings is 1. The lowest BCUT2D eigenvalue weighted by Gasteiger charge is -2.37. The Balaban J connectivity index is 1.49. The molecule has 0 radical (unpaired) electrons. The molecule has 2 aliphatic heterocycles. The van der Waals surface area contributed by atoms with E-state index >= 15 is 0 Å². The van der Waals surface area contributed by atoms with Crippen molar-refractivity contribution in [2.75, 3.05) is 32.8 Å². The fraction of sp³-hybridized carbons (Fsp3) is 0.684. The Morgan fingerprint density at radius 1 is 1.12 bits per heavy atom. The van der Waals surface area contributed by atoms with Crippen molar-refractivity contribution in [1.82, 2.24) is 14.8 Å². The van der Waals surface area contributed by atoms with Crippen molar-refractivity contribution in [1.29, 1.82) is 0 Å². The Labute approximate surface area is 145 Å². The highest BCUT2D eigenvalue weighted by molar-refractivity contribution is 5.67. The zero-order chi connectivity index (χ0) is 16.8. The molecule has 1 atom stereocenters. The molecule has 0 N–H and O–H groups in total. The van der Waals surface area contributed by atoms with Crippen LogP contribution in [-0.2, 0) is 4.74 Å². The number of hydrogen-bond donors (Lipinski definition) is 0. The first-order chi connectivity index (χ1) is 11.8. The highest BCUT2D eigenvalue weighted by Crippen LogP contribution is 2.30. The molecule has 0 saturated carbocycles. The van der Waals surface area contributed by atoms with Crippen LogP contribution >= 0.6 is 0 Å². The lowest BCUT2D eigenvalue weighted by molar-refractivity contribution is 0.105. The van der Waals surface area contributed by atoms with Crippen molar-refractivity contribution < 1.29 is 9.53 Å². The van der Waals surface area contributed by atoms with Crippen molar-refractivity contribution in [2.45, 2.75) is 51.0 Å². The summed E-state index contributed by atoms with van der Waals surface area (Å²) >= 11 is 0. The number of hydrogen-bond acceptors (Lipinski definition) is 4. The quantitative estimate of drug-likeness (QED) is 0.853. The number of carbonyl (C=O) groups excluding carboxylic acids is 1. The van der Waals surface area contributed by atoms with Gasteiger partial charge in [0.25, 0.3) is 0 Å². The molecule has 1 amide bonds. The van der Waals surface area contributed by atoms with Crippen molar-refractivity contribution in [3.8, 4) is 0 Å². The highest BCUT2D eigenvalue weighted by Gasteiger charge is 2.28. The van der Waals surface area contributed by atoms with Crippen LogP contribution in [0, 0.1) is 0 Å². The zero-order valence-electron chi connectivity index (χ0n) is 14.7. The summed E-state index contributed by atoms with van der Waals surface area (Å²) in [6, 6.07) is 4.93. The second-order valence-electron chi connectivity index (χ2n) is 6.86. The van der Waals surface area contributed by atoms with Crippen LogP contribution in [0.4, 0.5) is 4.79 Å². The van der Waals surface area contributed by atoms with Gasteiger partial charge in [-0.1, -0.05) is 0 Å². The SMILES string of the molecule is CCOC(=O)N1CCCC(N2CCC(c3ccncc3)CC2)CC1. The Hall–Kier alpha value is -1.62. The molecule has 3 heterocycles. The maximum absolute atomic E-state index is 11.9. The van der Waals surface area contributed by atoms with E-state index in [-0.39, 0.29) is 6.09 Å². The van der Waals surface area contributed by atoms with E-state index in [1.165, 1.54) is 24.8 Å². The monoisotopic (exact) mass is 331 g/mol. The number of amides is 1. The normalized spacial score (nSPS) is 23.7. The summed E-state index contributed by atoms with van der Waals surface area (Å²) in [5, 5.41) is 0. The Morgan fingerprint density at radius 2 is 1.88 bits per heavy atom. The second kappa shape index (κ2) is 8.47. The van der Waals surface area contributed by atoms with Gasteiger partial charge in [0.15, 0.2) is 0 Å². The van der Waals surface area contributed by atoms with Gasteiger partial charge in [-0.25, -0.2) is 4.79 Å². The molecular formula is C19H29N3O2. The van der Waals surface area contributed by atoms with Gasteiger partial charge in [-0.3, -0.25) is 4.98 Å². The van der Waals surface area contributed by atoms with E-state index in [1.807, 2.05) is 24.2 Å². The minimum Gasteiger partial charge on any atom is -0.450 e. The lowest BCUT2D eigenvalue weighted by Crippen LogP contribution is -2.41. The summed E-state index contributed by atoms with van der Waals surface area (Å²) in [5.41, 5.74) is 1.43. The van der Waals surface area contributed by atoms with Gasteiger partial charge in [-0.2, -0.15) is 0 Å². The lowest BCUT2D eigenvalue weighted by atomic mass is 9.89. The summed E-state index contributed by atoms with van der Waals surface area (Å²) in [5.74, 6) is 0.672. The Kier molecular flexibility index (Phi) is 6.07. The largest absolute Gasteiger partial charge is 0.450 e. The second-order valence-corrected chi connectivity index (χ2v) is 6.86. The summed E-state index contributed by atoms with van der Waals surface area (Å²) in [7, 11) is 0. The Morgan fingerprint density at radius 3 is 2.58 bits per heavy atom. The van der Waals surface area contributed by atoms with Crippen LogP contribution in [-0.4, -0.2) is 59.7 Å². The average Bonchev–Trinajstić information content (AvgIpc) is 2.89. The van der Waals surface area contributed by atoms with E-state index in [9.17, 15) is 4.79 Å². The van der Waals surface area contributed by atoms with Gasteiger partial charge in [0.1, 0.15) is 0 Å². The topological polar surface area (TPSA) is 45.7 Å². The van der Waals surface area contributed by atoms with Crippen LogP contribution in [0.1, 0.15) is 50.5 Å². The number of rotatable bonds is 3. The van der Waals surface area contributed by atoms with E-state index < -0.39 is 0 Å². The third-order valence-electron chi connectivity index (χ3n) is 5.45. The first-order valence-electron chi connectivity index (χ1n) is 9.33. The predicted octanol–water partition coefficient (Wildman–Crippen LogP) is 3.27. The van der Waals surface area contributed by atoms with Crippen LogP contribution in [0.25, 0.3) is 0 Å². The maximum atomic E-state index is 11.9. The molecule has 3 rings (SSSR count). The number of aromatic nitrogens is 1. The molecule has 5 nitrogen and oxygen atoms in total. The fourth-order valence-electron chi connectivity index (χ4n) is 4.07. The molecule has 0 aromatic carbocycles. The zero-order valence-corrected chi connectivity index (χ0v) is 14.7. The summed E-state index contributed by atoms with van der Waals surface area (Å²) < 4.78 is 5.15. The van der Waals surface area contributed by atoms with Gasteiger partial charge in [0.05, 0.1) is 6.61 Å². The van der Waals surface area contributed by atoms with Gasteiger partial charge in [0.2, 0.25) is 0 Å². The molecule has 1 aromatic heterocycles. The van der Waals surface area contributed by atoms with Crippen molar-refractivity contribution in [3.63, 3.8) is 0 Å². The van der Waals surface area contributed by atoms with E-state index in [2.05, 4.69) is 22.0 Å². The third-order valence-corrected chi connectivity index (χ3v) is 5.45. The molecule has 2 aliphatic rings. The van der Waals surface area contributed by atoms with Gasteiger partial charge in [-0.05, 0) is 75.7 Å². The van der Waals surface area contributed by atoms with Crippen molar-refractivity contribution >= 4 is 6.09 Å². The molecule has 5 heteroatoms. The maximum Gasteiger partial charge on any atom is 0.409 e. The number of nitrogens with zero attached hydrogens (tertiary/aromatic N) is 3. The Bertz CT molecular complexity index is 515.